The number of carbonyl (C=O) groups excluding carboxylic acids is 1. The number of ether oxygens (including phenoxy) is 2. The van der Waals surface area contributed by atoms with E-state index in [2.05, 4.69) is 4.98 Å². The lowest BCUT2D eigenvalue weighted by molar-refractivity contribution is 0.0528. The summed E-state index contributed by atoms with van der Waals surface area (Å²) in [5, 5.41) is 1.54. The Balaban J connectivity index is 2.71. The van der Waals surface area contributed by atoms with Gasteiger partial charge in [0.1, 0.15) is 16.5 Å². The number of aromatic nitrogens is 1. The Bertz CT molecular complexity index is 598. The second-order valence-electron chi connectivity index (χ2n) is 3.57. The fourth-order valence-electron chi connectivity index (χ4n) is 1.77. The van der Waals surface area contributed by atoms with Gasteiger partial charge in [0.15, 0.2) is 0 Å². The Morgan fingerprint density at radius 1 is 1.39 bits per heavy atom. The van der Waals surface area contributed by atoms with Gasteiger partial charge < -0.3 is 9.47 Å². The molecule has 4 nitrogen and oxygen atoms in total. The molecule has 0 atom stereocenters. The first-order valence-corrected chi connectivity index (χ1v) is 5.85. The first kappa shape index (κ1) is 12.6. The second kappa shape index (κ2) is 5.23. The van der Waals surface area contributed by atoms with Crippen LogP contribution in [-0.4, -0.2) is 24.7 Å². The number of esters is 1. The maximum atomic E-state index is 11.9. The van der Waals surface area contributed by atoms with Crippen molar-refractivity contribution in [3.63, 3.8) is 0 Å². The molecule has 0 aliphatic rings. The van der Waals surface area contributed by atoms with Crippen LogP contribution in [0.4, 0.5) is 0 Å². The molecule has 0 aliphatic heterocycles. The molecule has 0 spiro atoms. The van der Waals surface area contributed by atoms with Gasteiger partial charge in [0, 0.05) is 17.0 Å². The van der Waals surface area contributed by atoms with Crippen LogP contribution in [0.3, 0.4) is 0 Å². The maximum Gasteiger partial charge on any atom is 0.341 e. The molecular weight excluding hydrogens is 254 g/mol. The summed E-state index contributed by atoms with van der Waals surface area (Å²) in [5.41, 5.74) is 0.273. The Kier molecular flexibility index (Phi) is 3.67. The van der Waals surface area contributed by atoms with E-state index in [9.17, 15) is 4.79 Å². The zero-order valence-electron chi connectivity index (χ0n) is 10.1. The summed E-state index contributed by atoms with van der Waals surface area (Å²) >= 11 is 5.98. The van der Waals surface area contributed by atoms with Crippen molar-refractivity contribution in [2.45, 2.75) is 6.92 Å². The zero-order chi connectivity index (χ0) is 13.1. The van der Waals surface area contributed by atoms with Crippen molar-refractivity contribution in [3.05, 3.63) is 35.1 Å². The molecule has 5 heteroatoms. The number of carbonyl (C=O) groups is 1. The van der Waals surface area contributed by atoms with Gasteiger partial charge in [-0.1, -0.05) is 23.7 Å². The van der Waals surface area contributed by atoms with Crippen LogP contribution < -0.4 is 4.74 Å². The van der Waals surface area contributed by atoms with E-state index in [4.69, 9.17) is 21.1 Å². The first-order chi connectivity index (χ1) is 8.69. The summed E-state index contributed by atoms with van der Waals surface area (Å²) in [6, 6.07) is 5.38. The fraction of sp³-hybridized carbons (Fsp3) is 0.231. The van der Waals surface area contributed by atoms with E-state index in [-0.39, 0.29) is 17.3 Å². The van der Waals surface area contributed by atoms with Crippen LogP contribution in [0, 0.1) is 0 Å². The molecule has 0 radical (unpaired) electrons. The fourth-order valence-corrected chi connectivity index (χ4v) is 2.00. The average Bonchev–Trinajstić information content (AvgIpc) is 2.37. The molecule has 0 saturated heterocycles. The molecule has 18 heavy (non-hydrogen) atoms. The number of nitrogens with zero attached hydrogens (tertiary/aromatic N) is 1. The molecule has 0 fully saturated rings. The number of rotatable bonds is 3. The summed E-state index contributed by atoms with van der Waals surface area (Å²) in [6.45, 7) is 2.03. The lowest BCUT2D eigenvalue weighted by atomic mass is 10.1. The average molecular weight is 266 g/mol. The minimum Gasteiger partial charge on any atom is -0.496 e. The van der Waals surface area contributed by atoms with Gasteiger partial charge in [-0.15, -0.1) is 0 Å². The molecule has 0 amide bonds. The summed E-state index contributed by atoms with van der Waals surface area (Å²) in [4.78, 5) is 15.9. The van der Waals surface area contributed by atoms with Crippen molar-refractivity contribution in [2.75, 3.05) is 13.7 Å². The Morgan fingerprint density at radius 2 is 2.17 bits per heavy atom. The quantitative estimate of drug-likeness (QED) is 0.632. The van der Waals surface area contributed by atoms with Crippen molar-refractivity contribution < 1.29 is 14.3 Å². The summed E-state index contributed by atoms with van der Waals surface area (Å²) < 4.78 is 10.2. The lowest BCUT2D eigenvalue weighted by Gasteiger charge is -2.09. The van der Waals surface area contributed by atoms with Crippen LogP contribution in [-0.2, 0) is 4.74 Å². The maximum absolute atomic E-state index is 11.9. The molecule has 0 N–H and O–H groups in total. The number of methoxy groups -OCH3 is 1. The third kappa shape index (κ3) is 2.11. The molecule has 0 unspecified atom stereocenters. The predicted molar refractivity (Wildman–Crippen MR) is 69.3 cm³/mol. The first-order valence-electron chi connectivity index (χ1n) is 5.47. The van der Waals surface area contributed by atoms with Gasteiger partial charge in [0.25, 0.3) is 0 Å². The molecule has 1 aromatic heterocycles. The lowest BCUT2D eigenvalue weighted by Crippen LogP contribution is -2.07. The summed E-state index contributed by atoms with van der Waals surface area (Å²) in [5.74, 6) is 0.163. The molecule has 2 aromatic rings. The predicted octanol–water partition coefficient (Wildman–Crippen LogP) is 3.07. The van der Waals surface area contributed by atoms with Crippen molar-refractivity contribution in [2.24, 2.45) is 0 Å². The van der Waals surface area contributed by atoms with Crippen LogP contribution in [0.2, 0.25) is 5.15 Å². The normalized spacial score (nSPS) is 10.4. The van der Waals surface area contributed by atoms with E-state index in [1.54, 1.807) is 38.4 Å². The van der Waals surface area contributed by atoms with Gasteiger partial charge in [-0.25, -0.2) is 9.78 Å². The van der Waals surface area contributed by atoms with Crippen molar-refractivity contribution in [1.29, 1.82) is 0 Å². The van der Waals surface area contributed by atoms with Crippen LogP contribution in [0.15, 0.2) is 24.4 Å². The standard InChI is InChI=1S/C13H12ClNO3/c1-3-18-13(16)11-8-5-4-6-10(17-2)9(8)7-15-12(11)14/h4-7H,3H2,1-2H3. The van der Waals surface area contributed by atoms with Gasteiger partial charge in [-0.3, -0.25) is 0 Å². The molecule has 1 aromatic carbocycles. The Hall–Kier alpha value is -1.81. The van der Waals surface area contributed by atoms with E-state index in [0.717, 1.165) is 5.39 Å². The number of hydrogen-bond acceptors (Lipinski definition) is 4. The number of halogens is 1. The summed E-state index contributed by atoms with van der Waals surface area (Å²) in [6.07, 6.45) is 1.58. The van der Waals surface area contributed by atoms with Crippen LogP contribution in [0.5, 0.6) is 5.75 Å². The van der Waals surface area contributed by atoms with Crippen LogP contribution >= 0.6 is 11.6 Å². The van der Waals surface area contributed by atoms with E-state index in [1.165, 1.54) is 0 Å². The second-order valence-corrected chi connectivity index (χ2v) is 3.92. The Labute approximate surface area is 109 Å². The van der Waals surface area contributed by atoms with E-state index < -0.39 is 5.97 Å². The van der Waals surface area contributed by atoms with Crippen molar-refractivity contribution in [3.8, 4) is 5.75 Å². The molecule has 0 aliphatic carbocycles. The largest absolute Gasteiger partial charge is 0.496 e. The van der Waals surface area contributed by atoms with Gasteiger partial charge in [-0.05, 0) is 13.0 Å². The van der Waals surface area contributed by atoms with Gasteiger partial charge in [-0.2, -0.15) is 0 Å². The smallest absolute Gasteiger partial charge is 0.341 e. The third-order valence-electron chi connectivity index (χ3n) is 2.55. The Morgan fingerprint density at radius 3 is 2.83 bits per heavy atom. The van der Waals surface area contributed by atoms with E-state index in [0.29, 0.717) is 11.1 Å². The third-order valence-corrected chi connectivity index (χ3v) is 2.83. The van der Waals surface area contributed by atoms with Gasteiger partial charge in [0.05, 0.1) is 13.7 Å². The molecule has 2 rings (SSSR count). The highest BCUT2D eigenvalue weighted by atomic mass is 35.5. The zero-order valence-corrected chi connectivity index (χ0v) is 10.8. The van der Waals surface area contributed by atoms with Gasteiger partial charge in [0.2, 0.25) is 0 Å². The number of fused-ring (bicyclic) bond motifs is 1. The molecule has 1 heterocycles. The molecule has 0 bridgehead atoms. The number of pyridine rings is 1. The number of benzene rings is 1. The monoisotopic (exact) mass is 265 g/mol. The SMILES string of the molecule is CCOC(=O)c1c(Cl)ncc2c(OC)cccc12. The van der Waals surface area contributed by atoms with E-state index >= 15 is 0 Å². The van der Waals surface area contributed by atoms with Crippen LogP contribution in [0.25, 0.3) is 10.8 Å². The van der Waals surface area contributed by atoms with Crippen molar-refractivity contribution in [1.82, 2.24) is 4.98 Å². The van der Waals surface area contributed by atoms with Crippen LogP contribution in [0.1, 0.15) is 17.3 Å². The van der Waals surface area contributed by atoms with E-state index in [1.807, 2.05) is 0 Å². The minimum atomic E-state index is -0.478. The minimum absolute atomic E-state index is 0.134. The van der Waals surface area contributed by atoms with Gasteiger partial charge >= 0.3 is 5.97 Å². The summed E-state index contributed by atoms with van der Waals surface area (Å²) in [7, 11) is 1.56. The highest BCUT2D eigenvalue weighted by Gasteiger charge is 2.18. The topological polar surface area (TPSA) is 48.4 Å². The highest BCUT2D eigenvalue weighted by Crippen LogP contribution is 2.30. The van der Waals surface area contributed by atoms with Crippen molar-refractivity contribution >= 4 is 28.3 Å². The highest BCUT2D eigenvalue weighted by molar-refractivity contribution is 6.34. The molecular formula is C13H12ClNO3. The molecule has 0 saturated carbocycles. The molecule has 94 valence electrons. The number of hydrogen-bond donors (Lipinski definition) is 0.